The first-order chi connectivity index (χ1) is 14.5. The van der Waals surface area contributed by atoms with E-state index in [2.05, 4.69) is 15.6 Å². The minimum atomic E-state index is -4.46. The number of hydrogen-bond donors (Lipinski definition) is 2. The van der Waals surface area contributed by atoms with Gasteiger partial charge in [0.2, 0.25) is 5.91 Å². The molecular weight excluding hydrogens is 427 g/mol. The van der Waals surface area contributed by atoms with Crippen LogP contribution in [0.3, 0.4) is 0 Å². The van der Waals surface area contributed by atoms with Crippen molar-refractivity contribution in [2.45, 2.75) is 26.9 Å². The molecule has 162 valence electrons. The summed E-state index contributed by atoms with van der Waals surface area (Å²) in [5, 5.41) is 7.31. The van der Waals surface area contributed by atoms with Crippen LogP contribution in [0, 0.1) is 12.8 Å². The van der Waals surface area contributed by atoms with Crippen molar-refractivity contribution >= 4 is 34.5 Å². The zero-order valence-corrected chi connectivity index (χ0v) is 17.8. The number of halogens is 3. The number of nitrogens with one attached hydrogen (secondary N) is 2. The lowest BCUT2D eigenvalue weighted by molar-refractivity contribution is -0.137. The molecule has 3 aromatic rings. The van der Waals surface area contributed by atoms with Gasteiger partial charge in [0.1, 0.15) is 10.7 Å². The van der Waals surface area contributed by atoms with Crippen molar-refractivity contribution in [2.75, 3.05) is 10.6 Å². The molecule has 2 aromatic carbocycles. The monoisotopic (exact) mass is 447 g/mol. The summed E-state index contributed by atoms with van der Waals surface area (Å²) in [7, 11) is 0. The molecule has 31 heavy (non-hydrogen) atoms. The van der Waals surface area contributed by atoms with E-state index < -0.39 is 17.6 Å². The molecule has 0 saturated heterocycles. The summed E-state index contributed by atoms with van der Waals surface area (Å²) in [5.74, 6) is -0.833. The van der Waals surface area contributed by atoms with Crippen LogP contribution < -0.4 is 10.6 Å². The second-order valence-electron chi connectivity index (χ2n) is 7.24. The fourth-order valence-corrected chi connectivity index (χ4v) is 3.44. The number of alkyl halides is 3. The SMILES string of the molecule is Cc1ccc(NC(=O)C(C)C)cc1NC(=O)c1csc(-c2cccc(C(F)(F)F)c2)n1. The van der Waals surface area contributed by atoms with E-state index in [0.717, 1.165) is 29.0 Å². The Balaban J connectivity index is 1.78. The summed E-state index contributed by atoms with van der Waals surface area (Å²) >= 11 is 1.08. The number of amides is 2. The number of benzene rings is 2. The molecule has 0 atom stereocenters. The van der Waals surface area contributed by atoms with Gasteiger partial charge in [-0.2, -0.15) is 13.2 Å². The van der Waals surface area contributed by atoms with Crippen molar-refractivity contribution in [3.63, 3.8) is 0 Å². The van der Waals surface area contributed by atoms with Crippen LogP contribution in [0.2, 0.25) is 0 Å². The molecule has 1 aromatic heterocycles. The van der Waals surface area contributed by atoms with Gasteiger partial charge in [-0.15, -0.1) is 11.3 Å². The normalized spacial score (nSPS) is 11.5. The van der Waals surface area contributed by atoms with Gasteiger partial charge in [0, 0.05) is 28.2 Å². The molecule has 9 heteroatoms. The summed E-state index contributed by atoms with van der Waals surface area (Å²) in [5.41, 5.74) is 1.43. The maximum Gasteiger partial charge on any atom is 0.416 e. The standard InChI is InChI=1S/C22H20F3N3O2S/c1-12(2)19(29)26-16-8-7-13(3)17(10-16)27-20(30)18-11-31-21(28-18)14-5-4-6-15(9-14)22(23,24)25/h4-12H,1-3H3,(H,26,29)(H,27,30). The minimum absolute atomic E-state index is 0.0911. The fraction of sp³-hybridized carbons (Fsp3) is 0.227. The Kier molecular flexibility index (Phi) is 6.45. The average molecular weight is 447 g/mol. The molecule has 2 N–H and O–H groups in total. The lowest BCUT2D eigenvalue weighted by Crippen LogP contribution is -2.18. The summed E-state index contributed by atoms with van der Waals surface area (Å²) in [4.78, 5) is 28.7. The van der Waals surface area contributed by atoms with Gasteiger partial charge in [-0.1, -0.05) is 32.0 Å². The Labute approximate surface area is 181 Å². The highest BCUT2D eigenvalue weighted by Crippen LogP contribution is 2.33. The third-order valence-corrected chi connectivity index (χ3v) is 5.34. The number of nitrogens with zero attached hydrogens (tertiary/aromatic N) is 1. The van der Waals surface area contributed by atoms with Gasteiger partial charge in [-0.05, 0) is 36.8 Å². The van der Waals surface area contributed by atoms with E-state index >= 15 is 0 Å². The van der Waals surface area contributed by atoms with Crippen molar-refractivity contribution in [1.82, 2.24) is 4.98 Å². The van der Waals surface area contributed by atoms with Gasteiger partial charge in [-0.3, -0.25) is 9.59 Å². The molecule has 0 bridgehead atoms. The topological polar surface area (TPSA) is 71.1 Å². The van der Waals surface area contributed by atoms with E-state index in [1.165, 1.54) is 17.5 Å². The van der Waals surface area contributed by atoms with Crippen molar-refractivity contribution in [2.24, 2.45) is 5.92 Å². The number of aryl methyl sites for hydroxylation is 1. The van der Waals surface area contributed by atoms with Gasteiger partial charge in [0.05, 0.1) is 5.56 Å². The first kappa shape index (κ1) is 22.5. The first-order valence-electron chi connectivity index (χ1n) is 9.40. The van der Waals surface area contributed by atoms with Crippen molar-refractivity contribution < 1.29 is 22.8 Å². The number of carbonyl (C=O) groups is 2. The molecule has 5 nitrogen and oxygen atoms in total. The molecular formula is C22H20F3N3O2S. The lowest BCUT2D eigenvalue weighted by atomic mass is 10.1. The average Bonchev–Trinajstić information content (AvgIpc) is 3.20. The molecule has 0 aliphatic rings. The van der Waals surface area contributed by atoms with Crippen LogP contribution >= 0.6 is 11.3 Å². The fourth-order valence-electron chi connectivity index (χ4n) is 2.65. The molecule has 0 fully saturated rings. The predicted octanol–water partition coefficient (Wildman–Crippen LogP) is 5.98. The van der Waals surface area contributed by atoms with Gasteiger partial charge in [0.15, 0.2) is 0 Å². The molecule has 3 rings (SSSR count). The number of aromatic nitrogens is 1. The number of hydrogen-bond acceptors (Lipinski definition) is 4. The van der Waals surface area contributed by atoms with Crippen molar-refractivity contribution in [1.29, 1.82) is 0 Å². The van der Waals surface area contributed by atoms with Crippen LogP contribution in [0.5, 0.6) is 0 Å². The summed E-state index contributed by atoms with van der Waals surface area (Å²) in [6.45, 7) is 5.35. The van der Waals surface area contributed by atoms with Gasteiger partial charge < -0.3 is 10.6 Å². The third kappa shape index (κ3) is 5.49. The molecule has 2 amide bonds. The van der Waals surface area contributed by atoms with Gasteiger partial charge >= 0.3 is 6.18 Å². The zero-order valence-electron chi connectivity index (χ0n) is 17.0. The van der Waals surface area contributed by atoms with Gasteiger partial charge in [-0.25, -0.2) is 4.98 Å². The Morgan fingerprint density at radius 3 is 2.48 bits per heavy atom. The quantitative estimate of drug-likeness (QED) is 0.505. The molecule has 1 heterocycles. The van der Waals surface area contributed by atoms with Crippen LogP contribution in [0.1, 0.15) is 35.5 Å². The molecule has 0 aliphatic carbocycles. The highest BCUT2D eigenvalue weighted by molar-refractivity contribution is 7.13. The lowest BCUT2D eigenvalue weighted by Gasteiger charge is -2.12. The first-order valence-corrected chi connectivity index (χ1v) is 10.3. The van der Waals surface area contributed by atoms with Gasteiger partial charge in [0.25, 0.3) is 5.91 Å². The Hall–Kier alpha value is -3.20. The van der Waals surface area contributed by atoms with E-state index in [4.69, 9.17) is 0 Å². The van der Waals surface area contributed by atoms with Crippen LogP contribution in [0.25, 0.3) is 10.6 Å². The Bertz CT molecular complexity index is 1120. The van der Waals surface area contributed by atoms with E-state index in [0.29, 0.717) is 16.4 Å². The van der Waals surface area contributed by atoms with E-state index in [-0.39, 0.29) is 23.1 Å². The number of rotatable bonds is 5. The smallest absolute Gasteiger partial charge is 0.326 e. The molecule has 0 saturated carbocycles. The van der Waals surface area contributed by atoms with E-state index in [1.807, 2.05) is 0 Å². The minimum Gasteiger partial charge on any atom is -0.326 e. The molecule has 0 radical (unpaired) electrons. The highest BCUT2D eigenvalue weighted by atomic mass is 32.1. The van der Waals surface area contributed by atoms with E-state index in [1.54, 1.807) is 39.0 Å². The summed E-state index contributed by atoms with van der Waals surface area (Å²) in [6, 6.07) is 9.96. The van der Waals surface area contributed by atoms with Crippen molar-refractivity contribution in [3.05, 3.63) is 64.7 Å². The Morgan fingerprint density at radius 1 is 1.06 bits per heavy atom. The predicted molar refractivity (Wildman–Crippen MR) is 115 cm³/mol. The maximum absolute atomic E-state index is 12.9. The second-order valence-corrected chi connectivity index (χ2v) is 8.10. The number of anilines is 2. The summed E-state index contributed by atoms with van der Waals surface area (Å²) in [6.07, 6.45) is -4.46. The number of carbonyl (C=O) groups excluding carboxylic acids is 2. The molecule has 0 spiro atoms. The number of thiazole rings is 1. The largest absolute Gasteiger partial charge is 0.416 e. The maximum atomic E-state index is 12.9. The highest BCUT2D eigenvalue weighted by Gasteiger charge is 2.30. The zero-order chi connectivity index (χ0) is 22.8. The van der Waals surface area contributed by atoms with Crippen LogP contribution in [-0.2, 0) is 11.0 Å². The molecule has 0 unspecified atom stereocenters. The summed E-state index contributed by atoms with van der Waals surface area (Å²) < 4.78 is 38.8. The Morgan fingerprint density at radius 2 is 1.81 bits per heavy atom. The van der Waals surface area contributed by atoms with Crippen LogP contribution in [-0.4, -0.2) is 16.8 Å². The second kappa shape index (κ2) is 8.89. The van der Waals surface area contributed by atoms with Crippen LogP contribution in [0.15, 0.2) is 47.8 Å². The van der Waals surface area contributed by atoms with E-state index in [9.17, 15) is 22.8 Å². The third-order valence-electron chi connectivity index (χ3n) is 4.45. The van der Waals surface area contributed by atoms with Crippen molar-refractivity contribution in [3.8, 4) is 10.6 Å². The van der Waals surface area contributed by atoms with Crippen LogP contribution in [0.4, 0.5) is 24.5 Å². The molecule has 0 aliphatic heterocycles.